The van der Waals surface area contributed by atoms with Gasteiger partial charge in [-0.3, -0.25) is 4.79 Å². The van der Waals surface area contributed by atoms with Crippen LogP contribution in [-0.4, -0.2) is 77.7 Å². The zero-order chi connectivity index (χ0) is 20.8. The van der Waals surface area contributed by atoms with Crippen LogP contribution in [0.5, 0.6) is 0 Å². The van der Waals surface area contributed by atoms with Crippen LogP contribution in [0.15, 0.2) is 12.7 Å². The molecule has 2 fully saturated rings. The second kappa shape index (κ2) is 10.1. The molecule has 0 unspecified atom stereocenters. The van der Waals surface area contributed by atoms with Crippen molar-refractivity contribution in [3.8, 4) is 0 Å². The molecule has 0 spiro atoms. The minimum absolute atomic E-state index is 0.0378. The molecule has 0 aromatic carbocycles. The molecule has 2 rings (SSSR count). The second-order valence-electron chi connectivity index (χ2n) is 8.64. The lowest BCUT2D eigenvalue weighted by Crippen LogP contribution is -2.57. The molecule has 2 N–H and O–H groups in total. The van der Waals surface area contributed by atoms with Crippen LogP contribution in [-0.2, 0) is 9.53 Å². The maximum Gasteiger partial charge on any atom is 0.410 e. The van der Waals surface area contributed by atoms with Gasteiger partial charge in [0, 0.05) is 50.3 Å². The number of carbonyl (C=O) groups is 2. The van der Waals surface area contributed by atoms with Gasteiger partial charge in [-0.25, -0.2) is 4.79 Å². The molecule has 2 amide bonds. The third-order valence-electron chi connectivity index (χ3n) is 4.61. The smallest absolute Gasteiger partial charge is 0.410 e. The van der Waals surface area contributed by atoms with Gasteiger partial charge in [0.15, 0.2) is 0 Å². The topological polar surface area (TPSA) is 73.9 Å². The third kappa shape index (κ3) is 7.89. The van der Waals surface area contributed by atoms with Gasteiger partial charge in [-0.2, -0.15) is 0 Å². The summed E-state index contributed by atoms with van der Waals surface area (Å²) < 4.78 is 5.36. The van der Waals surface area contributed by atoms with Gasteiger partial charge in [0.25, 0.3) is 0 Å². The number of hydrogen-bond acceptors (Lipinski definition) is 5. The molecule has 0 saturated carbocycles. The van der Waals surface area contributed by atoms with E-state index in [1.807, 2.05) is 39.5 Å². The number of carbonyl (C=O) groups excluding carboxylic acids is 2. The van der Waals surface area contributed by atoms with E-state index in [9.17, 15) is 9.59 Å². The lowest BCUT2D eigenvalue weighted by atomic mass is 10.1. The van der Waals surface area contributed by atoms with Gasteiger partial charge < -0.3 is 25.2 Å². The van der Waals surface area contributed by atoms with Gasteiger partial charge in [0.05, 0.1) is 0 Å². The first-order valence-electron chi connectivity index (χ1n) is 9.84. The van der Waals surface area contributed by atoms with Crippen LogP contribution in [0.25, 0.3) is 0 Å². The van der Waals surface area contributed by atoms with Crippen LogP contribution < -0.4 is 10.6 Å². The SMILES string of the molecule is C=CC(=O)N1C[C@H](C)NC[C@H]1C.C[C@@H]1CN(C(=O)OC(C)(C)C)[C@@H](C)CN1. The highest BCUT2D eigenvalue weighted by Crippen LogP contribution is 2.14. The van der Waals surface area contributed by atoms with Gasteiger partial charge >= 0.3 is 6.09 Å². The number of nitrogens with one attached hydrogen (secondary N) is 2. The molecule has 2 saturated heterocycles. The molecule has 0 aliphatic carbocycles. The van der Waals surface area contributed by atoms with Gasteiger partial charge in [-0.1, -0.05) is 6.58 Å². The summed E-state index contributed by atoms with van der Waals surface area (Å²) in [5, 5.41) is 6.64. The van der Waals surface area contributed by atoms with Crippen molar-refractivity contribution in [1.82, 2.24) is 20.4 Å². The lowest BCUT2D eigenvalue weighted by molar-refractivity contribution is -0.129. The molecule has 2 aliphatic rings. The van der Waals surface area contributed by atoms with E-state index in [-0.39, 0.29) is 24.1 Å². The Kier molecular flexibility index (Phi) is 8.75. The molecule has 0 aromatic heterocycles. The van der Waals surface area contributed by atoms with Gasteiger partial charge in [0.2, 0.25) is 5.91 Å². The van der Waals surface area contributed by atoms with Crippen LogP contribution in [0.4, 0.5) is 4.79 Å². The van der Waals surface area contributed by atoms with Gasteiger partial charge in [-0.15, -0.1) is 0 Å². The maximum absolute atomic E-state index is 11.8. The van der Waals surface area contributed by atoms with Crippen molar-refractivity contribution in [1.29, 1.82) is 0 Å². The number of ether oxygens (including phenoxy) is 1. The summed E-state index contributed by atoms with van der Waals surface area (Å²) in [5.41, 5.74) is -0.412. The van der Waals surface area contributed by atoms with E-state index in [1.54, 1.807) is 4.90 Å². The molecule has 2 heterocycles. The van der Waals surface area contributed by atoms with E-state index >= 15 is 0 Å². The van der Waals surface area contributed by atoms with E-state index < -0.39 is 5.60 Å². The number of amides is 2. The van der Waals surface area contributed by atoms with Gasteiger partial charge in [0.1, 0.15) is 5.60 Å². The Morgan fingerprint density at radius 1 is 0.963 bits per heavy atom. The Hall–Kier alpha value is -1.60. The van der Waals surface area contributed by atoms with Crippen molar-refractivity contribution < 1.29 is 14.3 Å². The first-order valence-corrected chi connectivity index (χ1v) is 9.84. The molecular formula is C20H38N4O3. The van der Waals surface area contributed by atoms with Crippen molar-refractivity contribution in [3.05, 3.63) is 12.7 Å². The van der Waals surface area contributed by atoms with Gasteiger partial charge in [-0.05, 0) is 54.5 Å². The summed E-state index contributed by atoms with van der Waals surface area (Å²) in [6, 6.07) is 1.22. The molecule has 4 atom stereocenters. The first kappa shape index (κ1) is 23.4. The Morgan fingerprint density at radius 2 is 1.41 bits per heavy atom. The molecule has 2 aliphatic heterocycles. The Balaban J connectivity index is 0.000000277. The third-order valence-corrected chi connectivity index (χ3v) is 4.61. The Morgan fingerprint density at radius 3 is 1.85 bits per heavy atom. The summed E-state index contributed by atoms with van der Waals surface area (Å²) in [6.07, 6.45) is 1.18. The normalized spacial score (nSPS) is 28.7. The van der Waals surface area contributed by atoms with Crippen molar-refractivity contribution in [2.75, 3.05) is 26.2 Å². The minimum atomic E-state index is -0.412. The fourth-order valence-corrected chi connectivity index (χ4v) is 3.04. The second-order valence-corrected chi connectivity index (χ2v) is 8.64. The molecule has 7 nitrogen and oxygen atoms in total. The average Bonchev–Trinajstić information content (AvgIpc) is 2.57. The van der Waals surface area contributed by atoms with E-state index in [2.05, 4.69) is 31.1 Å². The zero-order valence-corrected chi connectivity index (χ0v) is 18.0. The molecule has 0 aromatic rings. The molecule has 156 valence electrons. The number of piperazine rings is 2. The Bertz CT molecular complexity index is 518. The maximum atomic E-state index is 11.8. The quantitative estimate of drug-likeness (QED) is 0.679. The fraction of sp³-hybridized carbons (Fsp3) is 0.800. The molecule has 0 radical (unpaired) electrons. The highest BCUT2D eigenvalue weighted by molar-refractivity contribution is 5.87. The van der Waals surface area contributed by atoms with Crippen molar-refractivity contribution >= 4 is 12.0 Å². The summed E-state index contributed by atoms with van der Waals surface area (Å²) in [6.45, 7) is 20.6. The number of hydrogen-bond donors (Lipinski definition) is 2. The van der Waals surface area contributed by atoms with Crippen molar-refractivity contribution in [2.45, 2.75) is 78.2 Å². The van der Waals surface area contributed by atoms with E-state index in [0.717, 1.165) is 26.2 Å². The van der Waals surface area contributed by atoms with Crippen LogP contribution in [0.3, 0.4) is 0 Å². The summed E-state index contributed by atoms with van der Waals surface area (Å²) >= 11 is 0. The van der Waals surface area contributed by atoms with E-state index in [1.165, 1.54) is 6.08 Å². The molecular weight excluding hydrogens is 344 g/mol. The van der Waals surface area contributed by atoms with Crippen molar-refractivity contribution in [2.24, 2.45) is 0 Å². The summed E-state index contributed by atoms with van der Waals surface area (Å²) in [4.78, 5) is 26.8. The lowest BCUT2D eigenvalue weighted by Gasteiger charge is -2.38. The molecule has 27 heavy (non-hydrogen) atoms. The van der Waals surface area contributed by atoms with Crippen molar-refractivity contribution in [3.63, 3.8) is 0 Å². The largest absolute Gasteiger partial charge is 0.444 e. The van der Waals surface area contributed by atoms with Crippen LogP contribution >= 0.6 is 0 Å². The van der Waals surface area contributed by atoms with E-state index in [0.29, 0.717) is 12.1 Å². The standard InChI is InChI=1S/C11H22N2O2.C9H16N2O/c1-8-7-13(9(2)6-12-8)10(14)15-11(3,4)5;1-4-9(12)11-6-7(2)10-5-8(11)3/h8-9,12H,6-7H2,1-5H3;4,7-8,10H,1,5-6H2,2-3H3/t8-,9+;7-,8+/m10/s1. The van der Waals surface area contributed by atoms with E-state index in [4.69, 9.17) is 4.74 Å². The Labute approximate surface area is 164 Å². The zero-order valence-electron chi connectivity index (χ0n) is 18.0. The van der Waals surface area contributed by atoms with Crippen LogP contribution in [0, 0.1) is 0 Å². The minimum Gasteiger partial charge on any atom is -0.444 e. The summed E-state index contributed by atoms with van der Waals surface area (Å²) in [7, 11) is 0. The number of rotatable bonds is 1. The highest BCUT2D eigenvalue weighted by Gasteiger charge is 2.30. The predicted octanol–water partition coefficient (Wildman–Crippen LogP) is 1.98. The first-order chi connectivity index (χ1) is 12.4. The number of nitrogens with zero attached hydrogens (tertiary/aromatic N) is 2. The fourth-order valence-electron chi connectivity index (χ4n) is 3.04. The highest BCUT2D eigenvalue weighted by atomic mass is 16.6. The van der Waals surface area contributed by atoms with Crippen LogP contribution in [0.1, 0.15) is 48.5 Å². The summed E-state index contributed by atoms with van der Waals surface area (Å²) in [5.74, 6) is 0.0378. The average molecular weight is 383 g/mol. The van der Waals surface area contributed by atoms with Crippen LogP contribution in [0.2, 0.25) is 0 Å². The predicted molar refractivity (Wildman–Crippen MR) is 109 cm³/mol. The monoisotopic (exact) mass is 382 g/mol. The molecule has 7 heteroatoms. The molecule has 0 bridgehead atoms.